The summed E-state index contributed by atoms with van der Waals surface area (Å²) in [7, 11) is 0. The zero-order valence-corrected chi connectivity index (χ0v) is 14.8. The Morgan fingerprint density at radius 2 is 2.00 bits per heavy atom. The molecule has 0 amide bonds. The molecule has 1 aliphatic heterocycles. The largest absolute Gasteiger partial charge is 0.488 e. The Morgan fingerprint density at radius 3 is 2.69 bits per heavy atom. The lowest BCUT2D eigenvalue weighted by Crippen LogP contribution is -2.36. The molecule has 1 aromatic heterocycles. The van der Waals surface area contributed by atoms with Gasteiger partial charge in [-0.25, -0.2) is 14.4 Å². The van der Waals surface area contributed by atoms with Crippen LogP contribution in [0.1, 0.15) is 25.1 Å². The van der Waals surface area contributed by atoms with Gasteiger partial charge in [0.2, 0.25) is 0 Å². The van der Waals surface area contributed by atoms with Crippen LogP contribution < -0.4 is 15.4 Å². The zero-order valence-electron chi connectivity index (χ0n) is 14.8. The van der Waals surface area contributed by atoms with E-state index in [1.165, 1.54) is 18.5 Å². The molecule has 0 bridgehead atoms. The molecule has 3 N–H and O–H groups in total. The van der Waals surface area contributed by atoms with E-state index in [1.807, 2.05) is 0 Å². The number of morpholine rings is 1. The SMILES string of the molecule is CC(C)Oc1cc(C(=N)c2cc(N3CCOCC3)ncn2)c(N)cc1F. The number of aromatic nitrogens is 2. The van der Waals surface area contributed by atoms with Crippen LogP contribution in [0, 0.1) is 11.2 Å². The minimum atomic E-state index is -0.551. The second-order valence-corrected chi connectivity index (χ2v) is 6.27. The highest BCUT2D eigenvalue weighted by atomic mass is 19.1. The molecule has 138 valence electrons. The highest BCUT2D eigenvalue weighted by molar-refractivity contribution is 6.13. The lowest BCUT2D eigenvalue weighted by Gasteiger charge is -2.27. The molecule has 2 heterocycles. The number of ether oxygens (including phenoxy) is 2. The minimum Gasteiger partial charge on any atom is -0.488 e. The van der Waals surface area contributed by atoms with Crippen LogP contribution in [-0.2, 0) is 4.74 Å². The van der Waals surface area contributed by atoms with Crippen molar-refractivity contribution in [2.75, 3.05) is 36.9 Å². The number of anilines is 2. The van der Waals surface area contributed by atoms with Crippen molar-refractivity contribution < 1.29 is 13.9 Å². The Kier molecular flexibility index (Phi) is 5.32. The van der Waals surface area contributed by atoms with Crippen molar-refractivity contribution in [3.8, 4) is 5.75 Å². The average Bonchev–Trinajstić information content (AvgIpc) is 2.64. The van der Waals surface area contributed by atoms with E-state index in [4.69, 9.17) is 20.6 Å². The Bertz CT molecular complexity index is 806. The van der Waals surface area contributed by atoms with Gasteiger partial charge in [-0.2, -0.15) is 0 Å². The van der Waals surface area contributed by atoms with Crippen molar-refractivity contribution >= 4 is 17.2 Å². The third-order valence-corrected chi connectivity index (χ3v) is 3.98. The van der Waals surface area contributed by atoms with E-state index in [0.29, 0.717) is 24.5 Å². The van der Waals surface area contributed by atoms with Gasteiger partial charge in [0.15, 0.2) is 11.6 Å². The van der Waals surface area contributed by atoms with Gasteiger partial charge in [0.25, 0.3) is 0 Å². The maximum absolute atomic E-state index is 14.0. The summed E-state index contributed by atoms with van der Waals surface area (Å²) < 4.78 is 24.9. The van der Waals surface area contributed by atoms with Gasteiger partial charge in [-0.3, -0.25) is 5.41 Å². The molecule has 1 fully saturated rings. The van der Waals surface area contributed by atoms with Gasteiger partial charge in [0, 0.05) is 36.5 Å². The summed E-state index contributed by atoms with van der Waals surface area (Å²) in [5.41, 5.74) is 6.97. The molecule has 7 nitrogen and oxygen atoms in total. The molecule has 0 saturated carbocycles. The molecule has 3 rings (SSSR count). The van der Waals surface area contributed by atoms with Crippen LogP contribution in [-0.4, -0.2) is 48.1 Å². The average molecular weight is 359 g/mol. The van der Waals surface area contributed by atoms with E-state index in [2.05, 4.69) is 14.9 Å². The fourth-order valence-corrected chi connectivity index (χ4v) is 2.72. The van der Waals surface area contributed by atoms with Gasteiger partial charge in [-0.1, -0.05) is 0 Å². The molecule has 2 aromatic rings. The number of nitrogens with one attached hydrogen (secondary N) is 1. The van der Waals surface area contributed by atoms with E-state index in [0.717, 1.165) is 18.9 Å². The number of hydrogen-bond acceptors (Lipinski definition) is 7. The summed E-state index contributed by atoms with van der Waals surface area (Å²) in [6.45, 7) is 6.35. The Balaban J connectivity index is 1.91. The number of hydrogen-bond donors (Lipinski definition) is 2. The predicted octanol–water partition coefficient (Wildman–Crippen LogP) is 2.24. The van der Waals surface area contributed by atoms with Gasteiger partial charge in [0.05, 0.1) is 30.7 Å². The van der Waals surface area contributed by atoms with Gasteiger partial charge < -0.3 is 20.1 Å². The molecule has 0 spiro atoms. The quantitative estimate of drug-likeness (QED) is 0.628. The normalized spacial score (nSPS) is 14.5. The first-order valence-electron chi connectivity index (χ1n) is 8.45. The smallest absolute Gasteiger partial charge is 0.167 e. The van der Waals surface area contributed by atoms with E-state index in [-0.39, 0.29) is 23.3 Å². The highest BCUT2D eigenvalue weighted by Gasteiger charge is 2.18. The van der Waals surface area contributed by atoms with Gasteiger partial charge >= 0.3 is 0 Å². The molecule has 26 heavy (non-hydrogen) atoms. The van der Waals surface area contributed by atoms with Crippen molar-refractivity contribution in [2.45, 2.75) is 20.0 Å². The van der Waals surface area contributed by atoms with Crippen LogP contribution in [0.3, 0.4) is 0 Å². The van der Waals surface area contributed by atoms with E-state index in [9.17, 15) is 4.39 Å². The van der Waals surface area contributed by atoms with Crippen LogP contribution >= 0.6 is 0 Å². The molecule has 1 saturated heterocycles. The molecular weight excluding hydrogens is 337 g/mol. The van der Waals surface area contributed by atoms with Crippen LogP contribution in [0.4, 0.5) is 15.9 Å². The summed E-state index contributed by atoms with van der Waals surface area (Å²) in [6, 6.07) is 4.36. The molecular formula is C18H22FN5O2. The fourth-order valence-electron chi connectivity index (χ4n) is 2.72. The monoisotopic (exact) mass is 359 g/mol. The molecule has 0 atom stereocenters. The van der Waals surface area contributed by atoms with Crippen molar-refractivity contribution in [3.05, 3.63) is 41.6 Å². The summed E-state index contributed by atoms with van der Waals surface area (Å²) in [6.07, 6.45) is 1.22. The second kappa shape index (κ2) is 7.65. The topological polar surface area (TPSA) is 97.3 Å². The van der Waals surface area contributed by atoms with E-state index >= 15 is 0 Å². The van der Waals surface area contributed by atoms with Gasteiger partial charge in [-0.15, -0.1) is 0 Å². The molecule has 0 radical (unpaired) electrons. The summed E-state index contributed by atoms with van der Waals surface area (Å²) in [5, 5.41) is 8.48. The van der Waals surface area contributed by atoms with E-state index in [1.54, 1.807) is 19.9 Å². The van der Waals surface area contributed by atoms with E-state index < -0.39 is 5.82 Å². The van der Waals surface area contributed by atoms with Crippen molar-refractivity contribution in [3.63, 3.8) is 0 Å². The van der Waals surface area contributed by atoms with Crippen LogP contribution in [0.5, 0.6) is 5.75 Å². The molecule has 1 aromatic carbocycles. The third-order valence-electron chi connectivity index (χ3n) is 3.98. The number of rotatable bonds is 5. The minimum absolute atomic E-state index is 0.0661. The Labute approximate surface area is 151 Å². The molecule has 8 heteroatoms. The molecule has 1 aliphatic rings. The first kappa shape index (κ1) is 18.1. The lowest BCUT2D eigenvalue weighted by atomic mass is 10.0. The van der Waals surface area contributed by atoms with Gasteiger partial charge in [-0.05, 0) is 19.9 Å². The molecule has 0 unspecified atom stereocenters. The van der Waals surface area contributed by atoms with Crippen molar-refractivity contribution in [2.24, 2.45) is 0 Å². The predicted molar refractivity (Wildman–Crippen MR) is 97.6 cm³/mol. The summed E-state index contributed by atoms with van der Waals surface area (Å²) in [4.78, 5) is 10.5. The van der Waals surface area contributed by atoms with Crippen LogP contribution in [0.25, 0.3) is 0 Å². The fraction of sp³-hybridized carbons (Fsp3) is 0.389. The first-order chi connectivity index (χ1) is 12.5. The van der Waals surface area contributed by atoms with Crippen molar-refractivity contribution in [1.29, 1.82) is 5.41 Å². The number of halogens is 1. The number of nitrogens with zero attached hydrogens (tertiary/aromatic N) is 3. The first-order valence-corrected chi connectivity index (χ1v) is 8.45. The Morgan fingerprint density at radius 1 is 1.27 bits per heavy atom. The second-order valence-electron chi connectivity index (χ2n) is 6.27. The number of nitrogen functional groups attached to an aromatic ring is 1. The summed E-state index contributed by atoms with van der Waals surface area (Å²) in [5.74, 6) is 0.239. The van der Waals surface area contributed by atoms with Crippen LogP contribution in [0.15, 0.2) is 24.5 Å². The zero-order chi connectivity index (χ0) is 18.7. The van der Waals surface area contributed by atoms with Crippen LogP contribution in [0.2, 0.25) is 0 Å². The maximum Gasteiger partial charge on any atom is 0.167 e. The molecule has 0 aliphatic carbocycles. The number of nitrogens with two attached hydrogens (primary N) is 1. The lowest BCUT2D eigenvalue weighted by molar-refractivity contribution is 0.122. The summed E-state index contributed by atoms with van der Waals surface area (Å²) >= 11 is 0. The van der Waals surface area contributed by atoms with Crippen molar-refractivity contribution in [1.82, 2.24) is 9.97 Å². The van der Waals surface area contributed by atoms with Gasteiger partial charge in [0.1, 0.15) is 12.1 Å². The maximum atomic E-state index is 14.0. The standard InChI is InChI=1S/C18H22FN5O2/c1-11(2)26-16-7-12(14(20)8-13(16)19)18(21)15-9-17(23-10-22-15)24-3-5-25-6-4-24/h7-11,21H,3-6,20H2,1-2H3. The third kappa shape index (κ3) is 3.91. The highest BCUT2D eigenvalue weighted by Crippen LogP contribution is 2.27. The number of benzene rings is 1. The Hall–Kier alpha value is -2.74.